The van der Waals surface area contributed by atoms with E-state index in [-0.39, 0.29) is 18.1 Å². The number of benzene rings is 2. The zero-order valence-corrected chi connectivity index (χ0v) is 21.2. The average Bonchev–Trinajstić information content (AvgIpc) is 3.30. The Morgan fingerprint density at radius 1 is 1.12 bits per heavy atom. The Balaban J connectivity index is 1.27. The molecule has 2 aromatic rings. The van der Waals surface area contributed by atoms with Crippen LogP contribution in [0, 0.1) is 5.41 Å². The Hall–Kier alpha value is -2.37. The van der Waals surface area contributed by atoms with Gasteiger partial charge in [-0.3, -0.25) is 4.79 Å². The van der Waals surface area contributed by atoms with Gasteiger partial charge in [0.1, 0.15) is 12.4 Å². The van der Waals surface area contributed by atoms with Crippen molar-refractivity contribution in [3.63, 3.8) is 0 Å². The average molecular weight is 465 g/mol. The molecule has 0 saturated carbocycles. The zero-order chi connectivity index (χ0) is 24.1. The van der Waals surface area contributed by atoms with E-state index < -0.39 is 0 Å². The molecule has 1 N–H and O–H groups in total. The lowest BCUT2D eigenvalue weighted by Crippen LogP contribution is -2.38. The summed E-state index contributed by atoms with van der Waals surface area (Å²) in [5.74, 6) is 0.766. The minimum absolute atomic E-state index is 0.0143. The van der Waals surface area contributed by atoms with Gasteiger partial charge in [-0.25, -0.2) is 0 Å². The first kappa shape index (κ1) is 24.7. The fourth-order valence-corrected chi connectivity index (χ4v) is 5.14. The molecule has 0 spiro atoms. The van der Waals surface area contributed by atoms with Crippen LogP contribution in [-0.2, 0) is 24.1 Å². The molecule has 1 heterocycles. The molecule has 4 rings (SSSR count). The third-order valence-electron chi connectivity index (χ3n) is 6.61. The Morgan fingerprint density at radius 2 is 1.91 bits per heavy atom. The summed E-state index contributed by atoms with van der Waals surface area (Å²) in [6.45, 7) is 10.3. The van der Waals surface area contributed by atoms with Crippen molar-refractivity contribution in [2.24, 2.45) is 5.41 Å². The first-order chi connectivity index (χ1) is 16.2. The van der Waals surface area contributed by atoms with Crippen LogP contribution in [0.25, 0.3) is 0 Å². The van der Waals surface area contributed by atoms with E-state index in [1.165, 1.54) is 16.7 Å². The summed E-state index contributed by atoms with van der Waals surface area (Å²) in [6.07, 6.45) is 5.23. The molecule has 0 aromatic heterocycles. The molecule has 1 aliphatic carbocycles. The fraction of sp³-hybridized carbons (Fsp3) is 0.552. The summed E-state index contributed by atoms with van der Waals surface area (Å²) in [5, 5.41) is 3.24. The molecule has 34 heavy (non-hydrogen) atoms. The van der Waals surface area contributed by atoms with Crippen molar-refractivity contribution >= 4 is 5.91 Å². The van der Waals surface area contributed by atoms with Crippen LogP contribution in [-0.4, -0.2) is 49.8 Å². The van der Waals surface area contributed by atoms with Gasteiger partial charge in [0.2, 0.25) is 0 Å². The standard InChI is InChI=1S/C29H40N2O3/c1-29(2,3)20-31(4)18-21-7-8-24-17-25(12-9-23(24)16-21)30-28(32)22-10-13-26(14-11-22)34-19-27-6-5-15-33-27/h7-8,10-11,13-14,16,25,27H,5-6,9,12,15,17-20H2,1-4H3,(H,30,32)/t25-,27-/m0/s1. The van der Waals surface area contributed by atoms with Gasteiger partial charge in [0, 0.05) is 31.3 Å². The van der Waals surface area contributed by atoms with Crippen molar-refractivity contribution in [3.05, 3.63) is 64.7 Å². The number of ether oxygens (including phenoxy) is 2. The second kappa shape index (κ2) is 10.9. The van der Waals surface area contributed by atoms with Gasteiger partial charge < -0.3 is 19.7 Å². The van der Waals surface area contributed by atoms with Crippen LogP contribution in [0.3, 0.4) is 0 Å². The molecule has 0 unspecified atom stereocenters. The van der Waals surface area contributed by atoms with E-state index in [2.05, 4.69) is 56.2 Å². The van der Waals surface area contributed by atoms with Crippen LogP contribution in [0.15, 0.2) is 42.5 Å². The van der Waals surface area contributed by atoms with E-state index in [1.807, 2.05) is 24.3 Å². The molecule has 1 amide bonds. The monoisotopic (exact) mass is 464 g/mol. The van der Waals surface area contributed by atoms with E-state index in [1.54, 1.807) is 0 Å². The molecule has 1 saturated heterocycles. The number of fused-ring (bicyclic) bond motifs is 1. The van der Waals surface area contributed by atoms with Gasteiger partial charge in [-0.15, -0.1) is 0 Å². The second-order valence-electron chi connectivity index (χ2n) is 11.2. The summed E-state index contributed by atoms with van der Waals surface area (Å²) >= 11 is 0. The molecular formula is C29H40N2O3. The topological polar surface area (TPSA) is 50.8 Å². The highest BCUT2D eigenvalue weighted by Crippen LogP contribution is 2.25. The lowest BCUT2D eigenvalue weighted by Gasteiger charge is -2.28. The quantitative estimate of drug-likeness (QED) is 0.597. The van der Waals surface area contributed by atoms with Crippen LogP contribution in [0.1, 0.15) is 67.1 Å². The molecule has 0 radical (unpaired) electrons. The van der Waals surface area contributed by atoms with Gasteiger partial charge in [0.15, 0.2) is 0 Å². The minimum atomic E-state index is -0.0143. The van der Waals surface area contributed by atoms with E-state index in [4.69, 9.17) is 9.47 Å². The molecule has 184 valence electrons. The number of nitrogens with zero attached hydrogens (tertiary/aromatic N) is 1. The number of hydrogen-bond acceptors (Lipinski definition) is 4. The van der Waals surface area contributed by atoms with Gasteiger partial charge in [-0.05, 0) is 85.5 Å². The lowest BCUT2D eigenvalue weighted by molar-refractivity contribution is 0.0679. The lowest BCUT2D eigenvalue weighted by atomic mass is 9.87. The summed E-state index contributed by atoms with van der Waals surface area (Å²) < 4.78 is 11.4. The minimum Gasteiger partial charge on any atom is -0.491 e. The number of carbonyl (C=O) groups is 1. The zero-order valence-electron chi connectivity index (χ0n) is 21.2. The molecule has 2 atom stereocenters. The summed E-state index contributed by atoms with van der Waals surface area (Å²) in [6, 6.07) is 14.5. The van der Waals surface area contributed by atoms with E-state index in [0.29, 0.717) is 17.6 Å². The van der Waals surface area contributed by atoms with Gasteiger partial charge in [0.25, 0.3) is 5.91 Å². The van der Waals surface area contributed by atoms with Crippen LogP contribution in [0.4, 0.5) is 0 Å². The number of nitrogens with one attached hydrogen (secondary N) is 1. The molecule has 2 aliphatic rings. The van der Waals surface area contributed by atoms with Crippen molar-refractivity contribution in [3.8, 4) is 5.75 Å². The summed E-state index contributed by atoms with van der Waals surface area (Å²) in [4.78, 5) is 15.2. The Morgan fingerprint density at radius 3 is 2.62 bits per heavy atom. The summed E-state index contributed by atoms with van der Waals surface area (Å²) in [5.41, 5.74) is 5.13. The van der Waals surface area contributed by atoms with E-state index in [9.17, 15) is 4.79 Å². The number of rotatable bonds is 8. The van der Waals surface area contributed by atoms with E-state index in [0.717, 1.165) is 57.6 Å². The molecule has 1 aliphatic heterocycles. The second-order valence-corrected chi connectivity index (χ2v) is 11.2. The third kappa shape index (κ3) is 7.07. The highest BCUT2D eigenvalue weighted by atomic mass is 16.5. The normalized spacial score (nSPS) is 20.3. The van der Waals surface area contributed by atoms with Gasteiger partial charge in [0.05, 0.1) is 6.10 Å². The number of hydrogen-bond donors (Lipinski definition) is 1. The first-order valence-corrected chi connectivity index (χ1v) is 12.7. The van der Waals surface area contributed by atoms with Crippen molar-refractivity contribution in [1.82, 2.24) is 10.2 Å². The predicted molar refractivity (Wildman–Crippen MR) is 136 cm³/mol. The van der Waals surface area contributed by atoms with Crippen LogP contribution in [0.2, 0.25) is 0 Å². The van der Waals surface area contributed by atoms with Crippen molar-refractivity contribution in [1.29, 1.82) is 0 Å². The fourth-order valence-electron chi connectivity index (χ4n) is 5.14. The number of carbonyl (C=O) groups excluding carboxylic acids is 1. The van der Waals surface area contributed by atoms with Gasteiger partial charge in [-0.2, -0.15) is 0 Å². The Bertz CT molecular complexity index is 958. The largest absolute Gasteiger partial charge is 0.491 e. The SMILES string of the molecule is CN(Cc1ccc2c(c1)CC[C@H](NC(=O)c1ccc(OC[C@@H]3CCCO3)cc1)C2)CC(C)(C)C. The van der Waals surface area contributed by atoms with E-state index >= 15 is 0 Å². The van der Waals surface area contributed by atoms with Gasteiger partial charge in [-0.1, -0.05) is 39.0 Å². The molecule has 2 aromatic carbocycles. The maximum atomic E-state index is 12.8. The van der Waals surface area contributed by atoms with Crippen molar-refractivity contribution in [2.75, 3.05) is 26.8 Å². The highest BCUT2D eigenvalue weighted by Gasteiger charge is 2.22. The third-order valence-corrected chi connectivity index (χ3v) is 6.61. The van der Waals surface area contributed by atoms with Crippen LogP contribution in [0.5, 0.6) is 5.75 Å². The molecular weight excluding hydrogens is 424 g/mol. The highest BCUT2D eigenvalue weighted by molar-refractivity contribution is 5.94. The van der Waals surface area contributed by atoms with Crippen molar-refractivity contribution < 1.29 is 14.3 Å². The maximum Gasteiger partial charge on any atom is 0.251 e. The molecule has 5 heteroatoms. The van der Waals surface area contributed by atoms with Gasteiger partial charge >= 0.3 is 0 Å². The summed E-state index contributed by atoms with van der Waals surface area (Å²) in [7, 11) is 2.19. The smallest absolute Gasteiger partial charge is 0.251 e. The number of amides is 1. The Kier molecular flexibility index (Phi) is 7.95. The maximum absolute atomic E-state index is 12.8. The van der Waals surface area contributed by atoms with Crippen LogP contribution < -0.4 is 10.1 Å². The van der Waals surface area contributed by atoms with Crippen LogP contribution >= 0.6 is 0 Å². The van der Waals surface area contributed by atoms with Crippen molar-refractivity contribution in [2.45, 2.75) is 71.6 Å². The molecule has 5 nitrogen and oxygen atoms in total. The Labute approximate surface area is 204 Å². The molecule has 1 fully saturated rings. The predicted octanol–water partition coefficient (Wildman–Crippen LogP) is 5.01. The number of aryl methyl sites for hydroxylation is 1. The first-order valence-electron chi connectivity index (χ1n) is 12.7. The molecule has 0 bridgehead atoms.